The van der Waals surface area contributed by atoms with Crippen LogP contribution in [-0.2, 0) is 16.0 Å². The van der Waals surface area contributed by atoms with Crippen LogP contribution in [0.4, 0.5) is 4.79 Å². The molecule has 1 amide bonds. The average Bonchev–Trinajstić information content (AvgIpc) is 2.30. The Bertz CT molecular complexity index is 537. The van der Waals surface area contributed by atoms with Gasteiger partial charge in [0.15, 0.2) is 0 Å². The van der Waals surface area contributed by atoms with Crippen molar-refractivity contribution in [1.82, 2.24) is 5.32 Å². The Hall–Kier alpha value is -1.75. The number of nitrogens with one attached hydrogen (secondary N) is 1. The van der Waals surface area contributed by atoms with Gasteiger partial charge >= 0.3 is 12.1 Å². The maximum absolute atomic E-state index is 11.7. The number of carbonyl (C=O) groups is 2. The third-order valence-corrected chi connectivity index (χ3v) is 3.08. The van der Waals surface area contributed by atoms with Crippen molar-refractivity contribution in [2.45, 2.75) is 45.8 Å². The standard InChI is InChI=1S/C15H20ClNO4/c1-9-7-10(5-6-11(9)16)8-12(13(18)19)17-14(20)21-15(2,3)4/h5-7,12H,8H2,1-4H3,(H,17,20)(H,18,19). The third-order valence-electron chi connectivity index (χ3n) is 2.65. The number of aryl methyl sites for hydroxylation is 1. The summed E-state index contributed by atoms with van der Waals surface area (Å²) in [7, 11) is 0. The Balaban J connectivity index is 2.76. The molecule has 5 nitrogen and oxygen atoms in total. The van der Waals surface area contributed by atoms with E-state index < -0.39 is 23.7 Å². The fraction of sp³-hybridized carbons (Fsp3) is 0.467. The van der Waals surface area contributed by atoms with Gasteiger partial charge in [-0.05, 0) is 44.9 Å². The Morgan fingerprint density at radius 1 is 1.38 bits per heavy atom. The Morgan fingerprint density at radius 3 is 2.48 bits per heavy atom. The predicted molar refractivity (Wildman–Crippen MR) is 80.7 cm³/mol. The van der Waals surface area contributed by atoms with Gasteiger partial charge in [-0.25, -0.2) is 9.59 Å². The van der Waals surface area contributed by atoms with E-state index in [2.05, 4.69) is 5.32 Å². The van der Waals surface area contributed by atoms with E-state index in [1.165, 1.54) is 0 Å². The van der Waals surface area contributed by atoms with E-state index in [-0.39, 0.29) is 6.42 Å². The zero-order valence-corrected chi connectivity index (χ0v) is 13.3. The number of halogens is 1. The number of hydrogen-bond acceptors (Lipinski definition) is 3. The van der Waals surface area contributed by atoms with Gasteiger partial charge in [-0.2, -0.15) is 0 Å². The van der Waals surface area contributed by atoms with Gasteiger partial charge in [0.1, 0.15) is 11.6 Å². The monoisotopic (exact) mass is 313 g/mol. The fourth-order valence-corrected chi connectivity index (χ4v) is 1.84. The number of carbonyl (C=O) groups excluding carboxylic acids is 1. The molecule has 1 rings (SSSR count). The molecule has 1 atom stereocenters. The second kappa shape index (κ2) is 6.80. The summed E-state index contributed by atoms with van der Waals surface area (Å²) in [6, 6.07) is 4.19. The highest BCUT2D eigenvalue weighted by atomic mass is 35.5. The summed E-state index contributed by atoms with van der Waals surface area (Å²) in [6.07, 6.45) is -0.590. The Morgan fingerprint density at radius 2 is 2.00 bits per heavy atom. The first-order valence-electron chi connectivity index (χ1n) is 6.56. The number of hydrogen-bond donors (Lipinski definition) is 2. The van der Waals surface area contributed by atoms with E-state index in [0.29, 0.717) is 5.02 Å². The van der Waals surface area contributed by atoms with Crippen LogP contribution in [0.3, 0.4) is 0 Å². The highest BCUT2D eigenvalue weighted by Crippen LogP contribution is 2.17. The molecule has 0 radical (unpaired) electrons. The van der Waals surface area contributed by atoms with Crippen LogP contribution >= 0.6 is 11.6 Å². The lowest BCUT2D eigenvalue weighted by atomic mass is 10.0. The average molecular weight is 314 g/mol. The van der Waals surface area contributed by atoms with E-state index in [1.807, 2.05) is 6.92 Å². The molecule has 0 fully saturated rings. The fourth-order valence-electron chi connectivity index (χ4n) is 1.72. The Labute approximate surface area is 129 Å². The number of alkyl carbamates (subject to hydrolysis) is 1. The minimum Gasteiger partial charge on any atom is -0.480 e. The van der Waals surface area contributed by atoms with Gasteiger partial charge < -0.3 is 15.2 Å². The number of rotatable bonds is 4. The van der Waals surface area contributed by atoms with Crippen LogP contribution in [0, 0.1) is 6.92 Å². The van der Waals surface area contributed by atoms with E-state index in [1.54, 1.807) is 39.0 Å². The molecular weight excluding hydrogens is 294 g/mol. The molecule has 0 aliphatic rings. The summed E-state index contributed by atoms with van der Waals surface area (Å²) < 4.78 is 5.06. The topological polar surface area (TPSA) is 75.6 Å². The van der Waals surface area contributed by atoms with Crippen LogP contribution in [0.2, 0.25) is 5.02 Å². The van der Waals surface area contributed by atoms with Gasteiger partial charge in [-0.15, -0.1) is 0 Å². The van der Waals surface area contributed by atoms with Crippen LogP contribution < -0.4 is 5.32 Å². The molecule has 0 aliphatic carbocycles. The minimum atomic E-state index is -1.12. The van der Waals surface area contributed by atoms with Gasteiger partial charge in [-0.3, -0.25) is 0 Å². The molecule has 0 spiro atoms. The molecule has 116 valence electrons. The quantitative estimate of drug-likeness (QED) is 0.895. The van der Waals surface area contributed by atoms with Crippen molar-refractivity contribution in [3.8, 4) is 0 Å². The summed E-state index contributed by atoms with van der Waals surface area (Å²) >= 11 is 5.93. The lowest BCUT2D eigenvalue weighted by Gasteiger charge is -2.22. The molecule has 0 bridgehead atoms. The maximum atomic E-state index is 11.7. The van der Waals surface area contributed by atoms with Crippen LogP contribution in [0.5, 0.6) is 0 Å². The van der Waals surface area contributed by atoms with E-state index in [4.69, 9.17) is 16.3 Å². The highest BCUT2D eigenvalue weighted by Gasteiger charge is 2.24. The van der Waals surface area contributed by atoms with Crippen LogP contribution in [-0.4, -0.2) is 28.8 Å². The molecule has 1 aromatic rings. The summed E-state index contributed by atoms with van der Waals surface area (Å²) in [5.74, 6) is -1.12. The van der Waals surface area contributed by atoms with Crippen molar-refractivity contribution >= 4 is 23.7 Å². The van der Waals surface area contributed by atoms with Crippen molar-refractivity contribution in [2.24, 2.45) is 0 Å². The lowest BCUT2D eigenvalue weighted by molar-refractivity contribution is -0.139. The number of amides is 1. The first-order chi connectivity index (χ1) is 9.58. The normalized spacial score (nSPS) is 12.6. The molecule has 0 saturated heterocycles. The molecular formula is C15H20ClNO4. The number of ether oxygens (including phenoxy) is 1. The molecule has 0 heterocycles. The Kier molecular flexibility index (Phi) is 5.61. The third kappa shape index (κ3) is 6.04. The highest BCUT2D eigenvalue weighted by molar-refractivity contribution is 6.31. The molecule has 1 unspecified atom stereocenters. The van der Waals surface area contributed by atoms with E-state index in [9.17, 15) is 14.7 Å². The van der Waals surface area contributed by atoms with Crippen molar-refractivity contribution < 1.29 is 19.4 Å². The van der Waals surface area contributed by atoms with Gasteiger partial charge in [0.25, 0.3) is 0 Å². The minimum absolute atomic E-state index is 0.159. The number of benzene rings is 1. The molecule has 6 heteroatoms. The SMILES string of the molecule is Cc1cc(CC(NC(=O)OC(C)(C)C)C(=O)O)ccc1Cl. The van der Waals surface area contributed by atoms with Crippen molar-refractivity contribution in [1.29, 1.82) is 0 Å². The molecule has 1 aromatic carbocycles. The number of carboxylic acid groups (broad SMARTS) is 1. The summed E-state index contributed by atoms with van der Waals surface area (Å²) in [5.41, 5.74) is 0.959. The summed E-state index contributed by atoms with van der Waals surface area (Å²) in [6.45, 7) is 6.98. The molecule has 0 saturated carbocycles. The van der Waals surface area contributed by atoms with Crippen molar-refractivity contribution in [3.05, 3.63) is 34.3 Å². The first kappa shape index (κ1) is 17.3. The van der Waals surface area contributed by atoms with Crippen molar-refractivity contribution in [3.63, 3.8) is 0 Å². The second-order valence-electron chi connectivity index (χ2n) is 5.82. The number of carboxylic acids is 1. The molecule has 21 heavy (non-hydrogen) atoms. The predicted octanol–water partition coefficient (Wildman–Crippen LogP) is 3.17. The summed E-state index contributed by atoms with van der Waals surface area (Å²) in [4.78, 5) is 22.9. The zero-order chi connectivity index (χ0) is 16.2. The van der Waals surface area contributed by atoms with Gasteiger partial charge in [0, 0.05) is 11.4 Å². The maximum Gasteiger partial charge on any atom is 0.408 e. The number of aliphatic carboxylic acids is 1. The van der Waals surface area contributed by atoms with Gasteiger partial charge in [0.05, 0.1) is 0 Å². The van der Waals surface area contributed by atoms with E-state index >= 15 is 0 Å². The van der Waals surface area contributed by atoms with Gasteiger partial charge in [0.2, 0.25) is 0 Å². The second-order valence-corrected chi connectivity index (χ2v) is 6.23. The van der Waals surface area contributed by atoms with Crippen LogP contribution in [0.15, 0.2) is 18.2 Å². The molecule has 2 N–H and O–H groups in total. The van der Waals surface area contributed by atoms with Gasteiger partial charge in [-0.1, -0.05) is 23.7 Å². The smallest absolute Gasteiger partial charge is 0.408 e. The van der Waals surface area contributed by atoms with Crippen LogP contribution in [0.25, 0.3) is 0 Å². The molecule has 0 aromatic heterocycles. The zero-order valence-electron chi connectivity index (χ0n) is 12.6. The van der Waals surface area contributed by atoms with Crippen LogP contribution in [0.1, 0.15) is 31.9 Å². The lowest BCUT2D eigenvalue weighted by Crippen LogP contribution is -2.44. The van der Waals surface area contributed by atoms with E-state index in [0.717, 1.165) is 11.1 Å². The summed E-state index contributed by atoms with van der Waals surface area (Å²) in [5, 5.41) is 12.2. The van der Waals surface area contributed by atoms with Crippen molar-refractivity contribution in [2.75, 3.05) is 0 Å². The largest absolute Gasteiger partial charge is 0.480 e. The molecule has 0 aliphatic heterocycles. The first-order valence-corrected chi connectivity index (χ1v) is 6.93.